The molecule has 1 aromatic rings. The lowest BCUT2D eigenvalue weighted by atomic mass is 10.4. The molecule has 1 rings (SSSR count). The quantitative estimate of drug-likeness (QED) is 0.867. The zero-order chi connectivity index (χ0) is 14.0. The molecule has 0 radical (unpaired) electrons. The Morgan fingerprint density at radius 1 is 1.50 bits per heavy atom. The predicted octanol–water partition coefficient (Wildman–Crippen LogP) is 0.936. The first-order valence-electron chi connectivity index (χ1n) is 4.48. The second-order valence-electron chi connectivity index (χ2n) is 3.22. The first-order chi connectivity index (χ1) is 8.14. The minimum atomic E-state index is -4.90. The van der Waals surface area contributed by atoms with E-state index in [9.17, 15) is 21.6 Å². The lowest BCUT2D eigenvalue weighted by Crippen LogP contribution is -2.40. The van der Waals surface area contributed by atoms with Gasteiger partial charge in [0, 0.05) is 18.9 Å². The third kappa shape index (κ3) is 3.80. The highest BCUT2D eigenvalue weighted by atomic mass is 35.5. The van der Waals surface area contributed by atoms with E-state index in [1.807, 2.05) is 0 Å². The smallest absolute Gasteiger partial charge is 0.382 e. The zero-order valence-electron chi connectivity index (χ0n) is 8.65. The Bertz CT molecular complexity index is 521. The standard InChI is InChI=1S/C8H8ClF3N2O3S/c9-5-1-2-13-3-6(5)18(16,17)14-4-7(15)8(10,11)12/h1-3,7,14-15H,4H2. The van der Waals surface area contributed by atoms with Crippen LogP contribution in [0.2, 0.25) is 5.02 Å². The van der Waals surface area contributed by atoms with Gasteiger partial charge in [0.05, 0.1) is 5.02 Å². The van der Waals surface area contributed by atoms with Gasteiger partial charge in [-0.3, -0.25) is 4.98 Å². The molecule has 2 N–H and O–H groups in total. The van der Waals surface area contributed by atoms with Crippen LogP contribution in [0.4, 0.5) is 13.2 Å². The van der Waals surface area contributed by atoms with Gasteiger partial charge in [-0.1, -0.05) is 11.6 Å². The van der Waals surface area contributed by atoms with Crippen LogP contribution in [-0.2, 0) is 10.0 Å². The molecule has 0 aliphatic rings. The fourth-order valence-electron chi connectivity index (χ4n) is 0.943. The second-order valence-corrected chi connectivity index (χ2v) is 5.36. The van der Waals surface area contributed by atoms with E-state index in [1.54, 1.807) is 4.72 Å². The summed E-state index contributed by atoms with van der Waals surface area (Å²) < 4.78 is 60.7. The number of hydrogen-bond acceptors (Lipinski definition) is 4. The zero-order valence-corrected chi connectivity index (χ0v) is 10.2. The monoisotopic (exact) mass is 304 g/mol. The van der Waals surface area contributed by atoms with E-state index in [1.165, 1.54) is 12.3 Å². The number of nitrogens with zero attached hydrogens (tertiary/aromatic N) is 1. The molecule has 5 nitrogen and oxygen atoms in total. The van der Waals surface area contributed by atoms with E-state index in [-0.39, 0.29) is 5.02 Å². The maximum Gasteiger partial charge on any atom is 0.415 e. The van der Waals surface area contributed by atoms with Gasteiger partial charge in [0.2, 0.25) is 10.0 Å². The van der Waals surface area contributed by atoms with Crippen LogP contribution in [0, 0.1) is 0 Å². The highest BCUT2D eigenvalue weighted by Gasteiger charge is 2.38. The van der Waals surface area contributed by atoms with Crippen molar-refractivity contribution in [2.45, 2.75) is 17.2 Å². The summed E-state index contributed by atoms with van der Waals surface area (Å²) in [5, 5.41) is 8.48. The summed E-state index contributed by atoms with van der Waals surface area (Å²) in [6.07, 6.45) is -5.57. The SMILES string of the molecule is O=S(=O)(NCC(O)C(F)(F)F)c1cnccc1Cl. The Morgan fingerprint density at radius 2 is 2.11 bits per heavy atom. The van der Waals surface area contributed by atoms with Crippen molar-refractivity contribution in [3.8, 4) is 0 Å². The van der Waals surface area contributed by atoms with Crippen LogP contribution < -0.4 is 4.72 Å². The van der Waals surface area contributed by atoms with Gasteiger partial charge in [0.25, 0.3) is 0 Å². The second kappa shape index (κ2) is 5.39. The van der Waals surface area contributed by atoms with Crippen molar-refractivity contribution in [3.63, 3.8) is 0 Å². The van der Waals surface area contributed by atoms with Crippen molar-refractivity contribution in [3.05, 3.63) is 23.5 Å². The Morgan fingerprint density at radius 3 is 2.61 bits per heavy atom. The molecule has 102 valence electrons. The van der Waals surface area contributed by atoms with Crippen LogP contribution in [0.5, 0.6) is 0 Å². The molecule has 0 aliphatic carbocycles. The number of rotatable bonds is 4. The molecule has 1 unspecified atom stereocenters. The Kier molecular flexibility index (Phi) is 4.54. The fraction of sp³-hybridized carbons (Fsp3) is 0.375. The van der Waals surface area contributed by atoms with Crippen molar-refractivity contribution in [2.24, 2.45) is 0 Å². The van der Waals surface area contributed by atoms with E-state index in [0.717, 1.165) is 6.20 Å². The topological polar surface area (TPSA) is 79.3 Å². The summed E-state index contributed by atoms with van der Waals surface area (Å²) in [5.41, 5.74) is 0. The molecule has 0 amide bonds. The summed E-state index contributed by atoms with van der Waals surface area (Å²) in [7, 11) is -4.25. The van der Waals surface area contributed by atoms with Gasteiger partial charge in [-0.05, 0) is 6.07 Å². The Hall–Kier alpha value is -0.900. The Labute approximate surface area is 106 Å². The molecule has 1 heterocycles. The minimum Gasteiger partial charge on any atom is -0.382 e. The molecule has 10 heteroatoms. The van der Waals surface area contributed by atoms with Gasteiger partial charge in [-0.15, -0.1) is 0 Å². The first kappa shape index (κ1) is 15.2. The van der Waals surface area contributed by atoms with Gasteiger partial charge >= 0.3 is 6.18 Å². The van der Waals surface area contributed by atoms with Crippen molar-refractivity contribution in [1.29, 1.82) is 0 Å². The van der Waals surface area contributed by atoms with Crippen molar-refractivity contribution in [1.82, 2.24) is 9.71 Å². The summed E-state index contributed by atoms with van der Waals surface area (Å²) in [6, 6.07) is 1.18. The number of hydrogen-bond donors (Lipinski definition) is 2. The number of sulfonamides is 1. The van der Waals surface area contributed by atoms with E-state index < -0.39 is 33.7 Å². The van der Waals surface area contributed by atoms with Gasteiger partial charge in [-0.2, -0.15) is 13.2 Å². The molecule has 0 saturated heterocycles. The first-order valence-corrected chi connectivity index (χ1v) is 6.34. The highest BCUT2D eigenvalue weighted by molar-refractivity contribution is 7.89. The molecule has 0 aromatic carbocycles. The van der Waals surface area contributed by atoms with E-state index >= 15 is 0 Å². The molecular formula is C8H8ClF3N2O3S. The molecule has 0 aliphatic heterocycles. The van der Waals surface area contributed by atoms with E-state index in [2.05, 4.69) is 4.98 Å². The molecule has 1 atom stereocenters. The molecule has 0 spiro atoms. The maximum absolute atomic E-state index is 12.0. The molecular weight excluding hydrogens is 297 g/mol. The number of halogens is 4. The number of pyridine rings is 1. The normalized spacial score (nSPS) is 14.5. The van der Waals surface area contributed by atoms with Crippen LogP contribution in [0.1, 0.15) is 0 Å². The van der Waals surface area contributed by atoms with Gasteiger partial charge in [0.1, 0.15) is 4.90 Å². The van der Waals surface area contributed by atoms with Crippen LogP contribution in [0.3, 0.4) is 0 Å². The third-order valence-electron chi connectivity index (χ3n) is 1.87. The predicted molar refractivity (Wildman–Crippen MR) is 56.5 cm³/mol. The molecule has 0 bridgehead atoms. The summed E-state index contributed by atoms with van der Waals surface area (Å²) in [5.74, 6) is 0. The van der Waals surface area contributed by atoms with Crippen molar-refractivity contribution >= 4 is 21.6 Å². The average Bonchev–Trinajstić information content (AvgIpc) is 2.25. The number of aliphatic hydroxyl groups is 1. The molecule has 18 heavy (non-hydrogen) atoms. The van der Waals surface area contributed by atoms with Gasteiger partial charge in [0.15, 0.2) is 6.10 Å². The summed E-state index contributed by atoms with van der Waals surface area (Å²) >= 11 is 5.57. The largest absolute Gasteiger partial charge is 0.415 e. The number of nitrogens with one attached hydrogen (secondary N) is 1. The summed E-state index contributed by atoms with van der Waals surface area (Å²) in [6.45, 7) is -1.20. The highest BCUT2D eigenvalue weighted by Crippen LogP contribution is 2.21. The van der Waals surface area contributed by atoms with Crippen molar-refractivity contribution < 1.29 is 26.7 Å². The van der Waals surface area contributed by atoms with Crippen LogP contribution in [0.25, 0.3) is 0 Å². The molecule has 0 saturated carbocycles. The number of alkyl halides is 3. The fourth-order valence-corrected chi connectivity index (χ4v) is 2.41. The van der Waals surface area contributed by atoms with Crippen LogP contribution in [0.15, 0.2) is 23.4 Å². The van der Waals surface area contributed by atoms with E-state index in [0.29, 0.717) is 0 Å². The lowest BCUT2D eigenvalue weighted by molar-refractivity contribution is -0.200. The lowest BCUT2D eigenvalue weighted by Gasteiger charge is -2.15. The van der Waals surface area contributed by atoms with Crippen LogP contribution >= 0.6 is 11.6 Å². The Balaban J connectivity index is 2.82. The van der Waals surface area contributed by atoms with Crippen molar-refractivity contribution in [2.75, 3.05) is 6.54 Å². The van der Waals surface area contributed by atoms with Gasteiger partial charge in [-0.25, -0.2) is 13.1 Å². The average molecular weight is 305 g/mol. The maximum atomic E-state index is 12.0. The molecule has 0 fully saturated rings. The number of aliphatic hydroxyl groups excluding tert-OH is 1. The van der Waals surface area contributed by atoms with Crippen LogP contribution in [-0.4, -0.2) is 37.3 Å². The molecule has 1 aromatic heterocycles. The number of aromatic nitrogens is 1. The van der Waals surface area contributed by atoms with E-state index in [4.69, 9.17) is 16.7 Å². The van der Waals surface area contributed by atoms with Gasteiger partial charge < -0.3 is 5.11 Å². The minimum absolute atomic E-state index is 0.181. The third-order valence-corrected chi connectivity index (χ3v) is 3.76. The summed E-state index contributed by atoms with van der Waals surface area (Å²) in [4.78, 5) is 3.04.